The largest absolute Gasteiger partial charge is 0.363 e. The summed E-state index contributed by atoms with van der Waals surface area (Å²) in [5.41, 5.74) is 5.12. The van der Waals surface area contributed by atoms with Crippen molar-refractivity contribution < 1.29 is 4.79 Å². The smallest absolute Gasteiger partial charge is 0.159 e. The number of Topliss-reactive ketones (excluding diaryl/α,β-unsaturated/α-hetero) is 1. The molecule has 2 rings (SSSR count). The second-order valence-corrected chi connectivity index (χ2v) is 6.21. The summed E-state index contributed by atoms with van der Waals surface area (Å²) in [7, 11) is 1.89. The van der Waals surface area contributed by atoms with Gasteiger partial charge in [-0.25, -0.2) is 5.43 Å². The van der Waals surface area contributed by atoms with Crippen molar-refractivity contribution >= 4 is 5.78 Å². The van der Waals surface area contributed by atoms with Crippen LogP contribution in [0.15, 0.2) is 41.7 Å². The summed E-state index contributed by atoms with van der Waals surface area (Å²) in [6, 6.07) is 10.6. The minimum atomic E-state index is -0.0907. The lowest BCUT2D eigenvalue weighted by molar-refractivity contribution is -0.113. The van der Waals surface area contributed by atoms with Crippen LogP contribution in [0.3, 0.4) is 0 Å². The van der Waals surface area contributed by atoms with Crippen LogP contribution in [0.2, 0.25) is 0 Å². The SMILES string of the molecule is CNN1/C(=C(\C)C(C)=O)N[C@@H](c2ccccc2)CC1(C)C. The molecule has 0 bridgehead atoms. The summed E-state index contributed by atoms with van der Waals surface area (Å²) >= 11 is 0. The fraction of sp³-hybridized carbons (Fsp3) is 0.471. The number of ketones is 1. The Morgan fingerprint density at radius 1 is 1.29 bits per heavy atom. The molecule has 1 aromatic rings. The summed E-state index contributed by atoms with van der Waals surface area (Å²) < 4.78 is 0. The molecule has 114 valence electrons. The third-order valence-corrected chi connectivity index (χ3v) is 4.15. The van der Waals surface area contributed by atoms with Gasteiger partial charge in [0, 0.05) is 12.6 Å². The van der Waals surface area contributed by atoms with Crippen LogP contribution in [-0.4, -0.2) is 23.4 Å². The third kappa shape index (κ3) is 3.10. The van der Waals surface area contributed by atoms with Crippen LogP contribution in [0.5, 0.6) is 0 Å². The van der Waals surface area contributed by atoms with Gasteiger partial charge >= 0.3 is 0 Å². The van der Waals surface area contributed by atoms with Crippen LogP contribution in [-0.2, 0) is 4.79 Å². The molecule has 4 heteroatoms. The monoisotopic (exact) mass is 287 g/mol. The van der Waals surface area contributed by atoms with Crippen LogP contribution in [0, 0.1) is 0 Å². The normalized spacial score (nSPS) is 23.5. The van der Waals surface area contributed by atoms with E-state index in [2.05, 4.69) is 53.9 Å². The Morgan fingerprint density at radius 3 is 2.43 bits per heavy atom. The van der Waals surface area contributed by atoms with Crippen LogP contribution in [0.25, 0.3) is 0 Å². The van der Waals surface area contributed by atoms with Gasteiger partial charge in [-0.2, -0.15) is 0 Å². The molecule has 1 aliphatic rings. The summed E-state index contributed by atoms with van der Waals surface area (Å²) in [5.74, 6) is 0.956. The minimum absolute atomic E-state index is 0.0854. The second-order valence-electron chi connectivity index (χ2n) is 6.21. The lowest BCUT2D eigenvalue weighted by Crippen LogP contribution is -2.59. The fourth-order valence-corrected chi connectivity index (χ4v) is 2.92. The van der Waals surface area contributed by atoms with Crippen molar-refractivity contribution in [2.24, 2.45) is 0 Å². The molecule has 1 atom stereocenters. The highest BCUT2D eigenvalue weighted by atomic mass is 16.1. The number of carbonyl (C=O) groups excluding carboxylic acids is 1. The number of benzene rings is 1. The highest BCUT2D eigenvalue weighted by Gasteiger charge is 2.38. The molecule has 0 unspecified atom stereocenters. The zero-order valence-corrected chi connectivity index (χ0v) is 13.5. The Bertz CT molecular complexity index is 548. The zero-order chi connectivity index (χ0) is 15.6. The van der Waals surface area contributed by atoms with Crippen LogP contribution in [0.4, 0.5) is 0 Å². The molecule has 1 heterocycles. The molecule has 1 fully saturated rings. The Labute approximate surface area is 127 Å². The van der Waals surface area contributed by atoms with Crippen molar-refractivity contribution in [2.75, 3.05) is 7.05 Å². The van der Waals surface area contributed by atoms with E-state index in [0.29, 0.717) is 0 Å². The standard InChI is InChI=1S/C17H25N3O/c1-12(13(2)21)16-19-15(14-9-7-6-8-10-14)11-17(3,4)20(16)18-5/h6-10,15,18-19H,11H2,1-5H3/b16-12+/t15-/m1/s1. The second kappa shape index (κ2) is 5.90. The molecular weight excluding hydrogens is 262 g/mol. The van der Waals surface area contributed by atoms with Gasteiger partial charge in [0.1, 0.15) is 5.82 Å². The number of carbonyl (C=O) groups is 1. The van der Waals surface area contributed by atoms with Crippen molar-refractivity contribution in [1.29, 1.82) is 0 Å². The van der Waals surface area contributed by atoms with Crippen molar-refractivity contribution in [3.05, 3.63) is 47.3 Å². The quantitative estimate of drug-likeness (QED) is 0.839. The van der Waals surface area contributed by atoms with Gasteiger partial charge in [0.15, 0.2) is 5.78 Å². The molecule has 21 heavy (non-hydrogen) atoms. The van der Waals surface area contributed by atoms with E-state index in [4.69, 9.17) is 0 Å². The van der Waals surface area contributed by atoms with Crippen molar-refractivity contribution in [3.8, 4) is 0 Å². The summed E-state index contributed by atoms with van der Waals surface area (Å²) in [4.78, 5) is 11.8. The van der Waals surface area contributed by atoms with Crippen LogP contribution in [0.1, 0.15) is 45.7 Å². The molecule has 0 radical (unpaired) electrons. The molecule has 0 amide bonds. The van der Waals surface area contributed by atoms with Gasteiger partial charge in [0.05, 0.1) is 11.6 Å². The number of nitrogens with one attached hydrogen (secondary N) is 2. The average Bonchev–Trinajstić information content (AvgIpc) is 2.45. The highest BCUT2D eigenvalue weighted by Crippen LogP contribution is 2.35. The maximum Gasteiger partial charge on any atom is 0.159 e. The van der Waals surface area contributed by atoms with E-state index in [1.807, 2.05) is 20.0 Å². The van der Waals surface area contributed by atoms with E-state index >= 15 is 0 Å². The first kappa shape index (κ1) is 15.6. The Hall–Kier alpha value is -1.81. The number of allylic oxidation sites excluding steroid dienone is 1. The maximum absolute atomic E-state index is 11.8. The number of hydrazine groups is 1. The minimum Gasteiger partial charge on any atom is -0.363 e. The first-order chi connectivity index (χ1) is 9.86. The predicted octanol–water partition coefficient (Wildman–Crippen LogP) is 2.76. The van der Waals surface area contributed by atoms with E-state index in [0.717, 1.165) is 17.8 Å². The van der Waals surface area contributed by atoms with Gasteiger partial charge in [-0.1, -0.05) is 30.3 Å². The fourth-order valence-electron chi connectivity index (χ4n) is 2.92. The number of rotatable bonds is 3. The van der Waals surface area contributed by atoms with E-state index in [1.165, 1.54) is 5.56 Å². The molecule has 0 aliphatic carbocycles. The third-order valence-electron chi connectivity index (χ3n) is 4.15. The van der Waals surface area contributed by atoms with Crippen molar-refractivity contribution in [3.63, 3.8) is 0 Å². The van der Waals surface area contributed by atoms with E-state index in [9.17, 15) is 4.79 Å². The molecule has 4 nitrogen and oxygen atoms in total. The lowest BCUT2D eigenvalue weighted by Gasteiger charge is -2.49. The number of hydrogen-bond donors (Lipinski definition) is 2. The predicted molar refractivity (Wildman–Crippen MR) is 85.3 cm³/mol. The molecule has 0 aromatic heterocycles. The molecular formula is C17H25N3O. The summed E-state index contributed by atoms with van der Waals surface area (Å²) in [6.07, 6.45) is 0.951. The Balaban J connectivity index is 2.44. The summed E-state index contributed by atoms with van der Waals surface area (Å²) in [6.45, 7) is 7.86. The zero-order valence-electron chi connectivity index (χ0n) is 13.5. The van der Waals surface area contributed by atoms with Gasteiger partial charge < -0.3 is 5.32 Å². The molecule has 1 aromatic carbocycles. The number of hydrogen-bond acceptors (Lipinski definition) is 4. The van der Waals surface area contributed by atoms with Gasteiger partial charge in [0.2, 0.25) is 0 Å². The molecule has 1 saturated heterocycles. The topological polar surface area (TPSA) is 44.4 Å². The van der Waals surface area contributed by atoms with Crippen LogP contribution < -0.4 is 10.7 Å². The highest BCUT2D eigenvalue weighted by molar-refractivity contribution is 5.93. The van der Waals surface area contributed by atoms with Crippen molar-refractivity contribution in [1.82, 2.24) is 15.8 Å². The molecule has 2 N–H and O–H groups in total. The Kier molecular flexibility index (Phi) is 4.37. The maximum atomic E-state index is 11.8. The van der Waals surface area contributed by atoms with E-state index in [1.54, 1.807) is 6.92 Å². The van der Waals surface area contributed by atoms with Crippen molar-refractivity contribution in [2.45, 2.75) is 45.7 Å². The van der Waals surface area contributed by atoms with Gasteiger partial charge in [-0.05, 0) is 39.7 Å². The van der Waals surface area contributed by atoms with Gasteiger partial charge in [-0.15, -0.1) is 0 Å². The van der Waals surface area contributed by atoms with Crippen LogP contribution >= 0.6 is 0 Å². The first-order valence-electron chi connectivity index (χ1n) is 7.37. The lowest BCUT2D eigenvalue weighted by atomic mass is 9.87. The number of nitrogens with zero attached hydrogens (tertiary/aromatic N) is 1. The average molecular weight is 287 g/mol. The molecule has 1 aliphatic heterocycles. The summed E-state index contributed by atoms with van der Waals surface area (Å²) in [5, 5.41) is 5.59. The molecule has 0 saturated carbocycles. The van der Waals surface area contributed by atoms with Gasteiger partial charge in [-0.3, -0.25) is 9.80 Å². The van der Waals surface area contributed by atoms with Gasteiger partial charge in [0.25, 0.3) is 0 Å². The first-order valence-corrected chi connectivity index (χ1v) is 7.37. The molecule has 0 spiro atoms. The van der Waals surface area contributed by atoms with E-state index < -0.39 is 0 Å². The Morgan fingerprint density at radius 2 is 1.90 bits per heavy atom. The van der Waals surface area contributed by atoms with E-state index in [-0.39, 0.29) is 17.4 Å².